The van der Waals surface area contributed by atoms with E-state index in [4.69, 9.17) is 21.1 Å². The lowest BCUT2D eigenvalue weighted by Crippen LogP contribution is -2.26. The number of ether oxygens (including phenoxy) is 2. The maximum Gasteiger partial charge on any atom is 0.410 e. The summed E-state index contributed by atoms with van der Waals surface area (Å²) in [5.74, 6) is 1.18. The third kappa shape index (κ3) is 2.64. The lowest BCUT2D eigenvalue weighted by atomic mass is 10.1. The Hall–Kier alpha value is -1.42. The van der Waals surface area contributed by atoms with Gasteiger partial charge >= 0.3 is 6.09 Å². The van der Waals surface area contributed by atoms with Gasteiger partial charge in [0.05, 0.1) is 13.7 Å². The number of carbonyl (C=O) groups excluding carboxylic acids is 1. The summed E-state index contributed by atoms with van der Waals surface area (Å²) in [6.45, 7) is 1.06. The summed E-state index contributed by atoms with van der Waals surface area (Å²) < 4.78 is 10.4. The Balaban J connectivity index is 2.11. The Morgan fingerprint density at radius 2 is 2.41 bits per heavy atom. The zero-order valence-corrected chi connectivity index (χ0v) is 10.3. The first-order valence-corrected chi connectivity index (χ1v) is 5.93. The van der Waals surface area contributed by atoms with Crippen molar-refractivity contribution in [3.05, 3.63) is 29.8 Å². The minimum Gasteiger partial charge on any atom is -0.497 e. The fourth-order valence-corrected chi connectivity index (χ4v) is 2.01. The predicted molar refractivity (Wildman–Crippen MR) is 64.5 cm³/mol. The van der Waals surface area contributed by atoms with Crippen LogP contribution < -0.4 is 4.74 Å². The molecule has 0 N–H and O–H groups in total. The van der Waals surface area contributed by atoms with Gasteiger partial charge in [0, 0.05) is 12.4 Å². The third-order valence-electron chi connectivity index (χ3n) is 2.71. The molecule has 1 heterocycles. The minimum absolute atomic E-state index is 0.235. The number of benzene rings is 1. The molecule has 1 fully saturated rings. The number of methoxy groups -OCH3 is 1. The molecule has 5 heteroatoms. The van der Waals surface area contributed by atoms with E-state index in [0.717, 1.165) is 11.3 Å². The summed E-state index contributed by atoms with van der Waals surface area (Å²) in [6, 6.07) is 7.54. The average molecular weight is 256 g/mol. The van der Waals surface area contributed by atoms with Gasteiger partial charge in [-0.3, -0.25) is 0 Å². The zero-order valence-electron chi connectivity index (χ0n) is 9.56. The molecule has 1 saturated heterocycles. The second-order valence-corrected chi connectivity index (χ2v) is 4.16. The van der Waals surface area contributed by atoms with Crippen LogP contribution in [-0.4, -0.2) is 37.1 Å². The van der Waals surface area contributed by atoms with Crippen molar-refractivity contribution < 1.29 is 14.3 Å². The highest BCUT2D eigenvalue weighted by atomic mass is 35.5. The number of rotatable bonds is 4. The van der Waals surface area contributed by atoms with Gasteiger partial charge in [0.25, 0.3) is 0 Å². The first-order chi connectivity index (χ1) is 8.24. The maximum absolute atomic E-state index is 11.5. The Kier molecular flexibility index (Phi) is 3.74. The van der Waals surface area contributed by atoms with Crippen molar-refractivity contribution in [2.75, 3.05) is 26.1 Å². The molecule has 1 unspecified atom stereocenters. The van der Waals surface area contributed by atoms with Crippen molar-refractivity contribution in [2.24, 2.45) is 0 Å². The normalized spacial score (nSPS) is 19.3. The van der Waals surface area contributed by atoms with E-state index in [-0.39, 0.29) is 12.2 Å². The van der Waals surface area contributed by atoms with Gasteiger partial charge in [-0.2, -0.15) is 0 Å². The molecule has 1 amide bonds. The summed E-state index contributed by atoms with van der Waals surface area (Å²) in [5, 5.41) is 0. The van der Waals surface area contributed by atoms with Crippen LogP contribution in [0.1, 0.15) is 11.7 Å². The second-order valence-electron chi connectivity index (χ2n) is 3.78. The van der Waals surface area contributed by atoms with E-state index in [2.05, 4.69) is 0 Å². The van der Waals surface area contributed by atoms with Crippen molar-refractivity contribution in [1.82, 2.24) is 4.90 Å². The van der Waals surface area contributed by atoms with E-state index in [1.54, 1.807) is 12.0 Å². The summed E-state index contributed by atoms with van der Waals surface area (Å²) >= 11 is 5.62. The second kappa shape index (κ2) is 5.27. The van der Waals surface area contributed by atoms with Crippen LogP contribution in [0.2, 0.25) is 0 Å². The van der Waals surface area contributed by atoms with E-state index in [9.17, 15) is 4.79 Å². The van der Waals surface area contributed by atoms with E-state index in [1.165, 1.54) is 0 Å². The number of hydrogen-bond acceptors (Lipinski definition) is 3. The standard InChI is InChI=1S/C12H14ClNO3/c1-16-10-4-2-3-9(7-10)11-8-14(6-5-13)12(15)17-11/h2-4,7,11H,5-6,8H2,1H3. The monoisotopic (exact) mass is 255 g/mol. The molecule has 1 aromatic rings. The summed E-state index contributed by atoms with van der Waals surface area (Å²) in [4.78, 5) is 13.1. The summed E-state index contributed by atoms with van der Waals surface area (Å²) in [5.41, 5.74) is 0.940. The Labute approximate surface area is 105 Å². The van der Waals surface area contributed by atoms with Crippen molar-refractivity contribution >= 4 is 17.7 Å². The largest absolute Gasteiger partial charge is 0.497 e. The predicted octanol–water partition coefficient (Wildman–Crippen LogP) is 2.43. The number of cyclic esters (lactones) is 1. The molecule has 0 saturated carbocycles. The molecule has 1 aromatic carbocycles. The SMILES string of the molecule is COc1cccc(C2CN(CCCl)C(=O)O2)c1. The molecular weight excluding hydrogens is 242 g/mol. The fraction of sp³-hybridized carbons (Fsp3) is 0.417. The molecule has 4 nitrogen and oxygen atoms in total. The third-order valence-corrected chi connectivity index (χ3v) is 2.88. The molecule has 0 aliphatic carbocycles. The molecule has 0 aromatic heterocycles. The van der Waals surface area contributed by atoms with E-state index in [0.29, 0.717) is 19.0 Å². The number of hydrogen-bond donors (Lipinski definition) is 0. The van der Waals surface area contributed by atoms with Gasteiger partial charge < -0.3 is 14.4 Å². The highest BCUT2D eigenvalue weighted by Crippen LogP contribution is 2.28. The van der Waals surface area contributed by atoms with Crippen molar-refractivity contribution in [2.45, 2.75) is 6.10 Å². The van der Waals surface area contributed by atoms with Crippen molar-refractivity contribution in [3.63, 3.8) is 0 Å². The Morgan fingerprint density at radius 3 is 3.12 bits per heavy atom. The van der Waals surface area contributed by atoms with Crippen LogP contribution in [0.15, 0.2) is 24.3 Å². The molecule has 0 spiro atoms. The average Bonchev–Trinajstić information content (AvgIpc) is 2.72. The zero-order chi connectivity index (χ0) is 12.3. The van der Waals surface area contributed by atoms with Gasteiger partial charge in [-0.05, 0) is 17.7 Å². The van der Waals surface area contributed by atoms with Crippen LogP contribution in [0.5, 0.6) is 5.75 Å². The van der Waals surface area contributed by atoms with Gasteiger partial charge in [0.1, 0.15) is 11.9 Å². The quantitative estimate of drug-likeness (QED) is 0.776. The molecule has 17 heavy (non-hydrogen) atoms. The van der Waals surface area contributed by atoms with Crippen LogP contribution in [0, 0.1) is 0 Å². The number of halogens is 1. The molecule has 1 aliphatic heterocycles. The van der Waals surface area contributed by atoms with Crippen LogP contribution in [0.25, 0.3) is 0 Å². The molecular formula is C12H14ClNO3. The lowest BCUT2D eigenvalue weighted by Gasteiger charge is -2.11. The van der Waals surface area contributed by atoms with E-state index < -0.39 is 0 Å². The van der Waals surface area contributed by atoms with Crippen LogP contribution >= 0.6 is 11.6 Å². The van der Waals surface area contributed by atoms with Gasteiger partial charge in [-0.25, -0.2) is 4.79 Å². The Morgan fingerprint density at radius 1 is 1.59 bits per heavy atom. The van der Waals surface area contributed by atoms with Crippen LogP contribution in [0.3, 0.4) is 0 Å². The number of carbonyl (C=O) groups is 1. The maximum atomic E-state index is 11.5. The molecule has 1 atom stereocenters. The van der Waals surface area contributed by atoms with Crippen molar-refractivity contribution in [3.8, 4) is 5.75 Å². The first kappa shape index (κ1) is 12.0. The number of alkyl halides is 1. The van der Waals surface area contributed by atoms with Crippen molar-refractivity contribution in [1.29, 1.82) is 0 Å². The van der Waals surface area contributed by atoms with E-state index >= 15 is 0 Å². The Bertz CT molecular complexity index is 410. The molecule has 1 aliphatic rings. The summed E-state index contributed by atoms with van der Waals surface area (Å²) in [6.07, 6.45) is -0.542. The van der Waals surface area contributed by atoms with Gasteiger partial charge in [-0.15, -0.1) is 11.6 Å². The lowest BCUT2D eigenvalue weighted by molar-refractivity contribution is 0.133. The molecule has 2 rings (SSSR count). The topological polar surface area (TPSA) is 38.8 Å². The highest BCUT2D eigenvalue weighted by molar-refractivity contribution is 6.18. The molecule has 0 radical (unpaired) electrons. The highest BCUT2D eigenvalue weighted by Gasteiger charge is 2.31. The smallest absolute Gasteiger partial charge is 0.410 e. The summed E-state index contributed by atoms with van der Waals surface area (Å²) in [7, 11) is 1.61. The van der Waals surface area contributed by atoms with Gasteiger partial charge in [0.15, 0.2) is 0 Å². The molecule has 0 bridgehead atoms. The van der Waals surface area contributed by atoms with Crippen LogP contribution in [0.4, 0.5) is 4.79 Å². The van der Waals surface area contributed by atoms with Gasteiger partial charge in [0.2, 0.25) is 0 Å². The number of nitrogens with zero attached hydrogens (tertiary/aromatic N) is 1. The fourth-order valence-electron chi connectivity index (χ4n) is 1.81. The van der Waals surface area contributed by atoms with Gasteiger partial charge in [-0.1, -0.05) is 12.1 Å². The molecule has 92 valence electrons. The van der Waals surface area contributed by atoms with E-state index in [1.807, 2.05) is 24.3 Å². The van der Waals surface area contributed by atoms with Crippen LogP contribution in [-0.2, 0) is 4.74 Å². The minimum atomic E-state index is -0.307. The number of amides is 1. The first-order valence-electron chi connectivity index (χ1n) is 5.40.